The fraction of sp³-hybridized carbons (Fsp3) is 0.400. The average molecular weight is 186 g/mol. The van der Waals surface area contributed by atoms with Crippen LogP contribution in [-0.4, -0.2) is 7.11 Å². The fourth-order valence-electron chi connectivity index (χ4n) is 1.40. The zero-order valence-electron chi connectivity index (χ0n) is 7.90. The van der Waals surface area contributed by atoms with Crippen molar-refractivity contribution in [1.82, 2.24) is 0 Å². The van der Waals surface area contributed by atoms with Crippen LogP contribution >= 0.6 is 0 Å². The Labute approximate surface area is 76.3 Å². The van der Waals surface area contributed by atoms with Crippen molar-refractivity contribution in [2.75, 3.05) is 7.11 Å². The minimum Gasteiger partial charge on any atom is -0.497 e. The first-order valence-electron chi connectivity index (χ1n) is 3.99. The van der Waals surface area contributed by atoms with Crippen molar-refractivity contribution in [3.05, 3.63) is 28.8 Å². The normalized spacial score (nSPS) is 10.6. The Bertz CT molecular complexity index is 285. The van der Waals surface area contributed by atoms with Gasteiger partial charge in [-0.3, -0.25) is 0 Å². The monoisotopic (exact) mass is 186 g/mol. The van der Waals surface area contributed by atoms with E-state index in [9.17, 15) is 8.78 Å². The van der Waals surface area contributed by atoms with E-state index in [0.717, 1.165) is 0 Å². The molecule has 0 N–H and O–H groups in total. The van der Waals surface area contributed by atoms with E-state index in [-0.39, 0.29) is 5.56 Å². The average Bonchev–Trinajstić information content (AvgIpc) is 2.02. The van der Waals surface area contributed by atoms with Crippen LogP contribution in [0.25, 0.3) is 0 Å². The van der Waals surface area contributed by atoms with Crippen molar-refractivity contribution < 1.29 is 13.5 Å². The smallest absolute Gasteiger partial charge is 0.264 e. The lowest BCUT2D eigenvalue weighted by Crippen LogP contribution is -1.95. The molecule has 0 aliphatic carbocycles. The molecule has 0 unspecified atom stereocenters. The standard InChI is InChI=1S/C10H12F2O/c1-6-4-8(13-3)5-7(2)9(6)10(11)12/h4-5,10H,1-3H3. The molecular formula is C10H12F2O. The van der Waals surface area contributed by atoms with Crippen LogP contribution in [-0.2, 0) is 0 Å². The Morgan fingerprint density at radius 2 is 1.62 bits per heavy atom. The summed E-state index contributed by atoms with van der Waals surface area (Å²) >= 11 is 0. The van der Waals surface area contributed by atoms with E-state index in [4.69, 9.17) is 4.74 Å². The number of halogens is 2. The van der Waals surface area contributed by atoms with Crippen molar-refractivity contribution in [1.29, 1.82) is 0 Å². The highest BCUT2D eigenvalue weighted by Gasteiger charge is 2.14. The molecule has 0 aromatic heterocycles. The maximum atomic E-state index is 12.5. The zero-order chi connectivity index (χ0) is 10.0. The topological polar surface area (TPSA) is 9.23 Å². The molecule has 0 spiro atoms. The van der Waals surface area contributed by atoms with Gasteiger partial charge in [0.25, 0.3) is 6.43 Å². The third-order valence-corrected chi connectivity index (χ3v) is 2.02. The van der Waals surface area contributed by atoms with Gasteiger partial charge in [-0.1, -0.05) is 0 Å². The van der Waals surface area contributed by atoms with E-state index in [0.29, 0.717) is 16.9 Å². The molecule has 0 saturated carbocycles. The lowest BCUT2D eigenvalue weighted by Gasteiger charge is -2.10. The molecule has 0 heterocycles. The van der Waals surface area contributed by atoms with Crippen LogP contribution in [0.3, 0.4) is 0 Å². The molecule has 0 fully saturated rings. The third-order valence-electron chi connectivity index (χ3n) is 2.02. The SMILES string of the molecule is COc1cc(C)c(C(F)F)c(C)c1. The molecule has 0 atom stereocenters. The van der Waals surface area contributed by atoms with Gasteiger partial charge in [0.2, 0.25) is 0 Å². The zero-order valence-corrected chi connectivity index (χ0v) is 7.90. The summed E-state index contributed by atoms with van der Waals surface area (Å²) < 4.78 is 29.9. The molecule has 0 bridgehead atoms. The Balaban J connectivity index is 3.23. The summed E-state index contributed by atoms with van der Waals surface area (Å²) in [6, 6.07) is 3.24. The molecule has 1 rings (SSSR count). The second kappa shape index (κ2) is 3.73. The van der Waals surface area contributed by atoms with Gasteiger partial charge >= 0.3 is 0 Å². The van der Waals surface area contributed by atoms with Crippen molar-refractivity contribution >= 4 is 0 Å². The predicted molar refractivity (Wildman–Crippen MR) is 47.4 cm³/mol. The molecule has 1 nitrogen and oxygen atoms in total. The van der Waals surface area contributed by atoms with Gasteiger partial charge < -0.3 is 4.74 Å². The molecule has 72 valence electrons. The largest absolute Gasteiger partial charge is 0.497 e. The Hall–Kier alpha value is -1.12. The van der Waals surface area contributed by atoms with E-state index >= 15 is 0 Å². The van der Waals surface area contributed by atoms with Gasteiger partial charge in [-0.2, -0.15) is 0 Å². The molecular weight excluding hydrogens is 174 g/mol. The second-order valence-electron chi connectivity index (χ2n) is 2.98. The maximum absolute atomic E-state index is 12.5. The number of alkyl halides is 2. The van der Waals surface area contributed by atoms with Crippen LogP contribution in [0.1, 0.15) is 23.1 Å². The highest BCUT2D eigenvalue weighted by molar-refractivity contribution is 5.41. The molecule has 1 aromatic carbocycles. The number of aryl methyl sites for hydroxylation is 2. The first kappa shape index (κ1) is 9.96. The number of ether oxygens (including phenoxy) is 1. The van der Waals surface area contributed by atoms with Crippen LogP contribution in [0.4, 0.5) is 8.78 Å². The summed E-state index contributed by atoms with van der Waals surface area (Å²) in [5, 5.41) is 0. The highest BCUT2D eigenvalue weighted by atomic mass is 19.3. The van der Waals surface area contributed by atoms with E-state index in [1.807, 2.05) is 0 Å². The summed E-state index contributed by atoms with van der Waals surface area (Å²) in [6.07, 6.45) is -2.41. The minimum absolute atomic E-state index is 0.112. The molecule has 0 aliphatic rings. The summed E-state index contributed by atoms with van der Waals surface area (Å²) in [7, 11) is 1.52. The van der Waals surface area contributed by atoms with Crippen molar-refractivity contribution in [2.45, 2.75) is 20.3 Å². The molecule has 3 heteroatoms. The van der Waals surface area contributed by atoms with Crippen LogP contribution in [0.15, 0.2) is 12.1 Å². The van der Waals surface area contributed by atoms with E-state index in [1.165, 1.54) is 7.11 Å². The van der Waals surface area contributed by atoms with Crippen molar-refractivity contribution in [3.63, 3.8) is 0 Å². The second-order valence-corrected chi connectivity index (χ2v) is 2.98. The fourth-order valence-corrected chi connectivity index (χ4v) is 1.40. The van der Waals surface area contributed by atoms with Crippen molar-refractivity contribution in [2.24, 2.45) is 0 Å². The Morgan fingerprint density at radius 3 is 1.92 bits per heavy atom. The van der Waals surface area contributed by atoms with E-state index in [2.05, 4.69) is 0 Å². The summed E-state index contributed by atoms with van der Waals surface area (Å²) in [5.74, 6) is 0.624. The number of methoxy groups -OCH3 is 1. The van der Waals surface area contributed by atoms with Crippen LogP contribution in [0.5, 0.6) is 5.75 Å². The summed E-state index contributed by atoms with van der Waals surface area (Å²) in [4.78, 5) is 0. The number of hydrogen-bond acceptors (Lipinski definition) is 1. The summed E-state index contributed by atoms with van der Waals surface area (Å²) in [6.45, 7) is 3.33. The predicted octanol–water partition coefficient (Wildman–Crippen LogP) is 3.25. The molecule has 0 saturated heterocycles. The van der Waals surface area contributed by atoms with Gasteiger partial charge in [-0.05, 0) is 37.1 Å². The molecule has 13 heavy (non-hydrogen) atoms. The molecule has 1 aromatic rings. The van der Waals surface area contributed by atoms with Crippen LogP contribution in [0.2, 0.25) is 0 Å². The number of hydrogen-bond donors (Lipinski definition) is 0. The minimum atomic E-state index is -2.41. The van der Waals surface area contributed by atoms with Gasteiger partial charge in [-0.25, -0.2) is 8.78 Å². The molecule has 0 radical (unpaired) electrons. The first-order chi connectivity index (χ1) is 6.06. The first-order valence-corrected chi connectivity index (χ1v) is 3.99. The van der Waals surface area contributed by atoms with Gasteiger partial charge in [0.05, 0.1) is 7.11 Å². The summed E-state index contributed by atoms with van der Waals surface area (Å²) in [5.41, 5.74) is 1.26. The quantitative estimate of drug-likeness (QED) is 0.688. The third kappa shape index (κ3) is 1.97. The van der Waals surface area contributed by atoms with Gasteiger partial charge in [0.1, 0.15) is 5.75 Å². The Morgan fingerprint density at radius 1 is 1.15 bits per heavy atom. The lowest BCUT2D eigenvalue weighted by molar-refractivity contribution is 0.149. The van der Waals surface area contributed by atoms with Crippen molar-refractivity contribution in [3.8, 4) is 5.75 Å². The Kier molecular flexibility index (Phi) is 2.86. The number of benzene rings is 1. The number of rotatable bonds is 2. The van der Waals surface area contributed by atoms with Gasteiger partial charge in [0, 0.05) is 5.56 Å². The van der Waals surface area contributed by atoms with Crippen LogP contribution in [0, 0.1) is 13.8 Å². The highest BCUT2D eigenvalue weighted by Crippen LogP contribution is 2.29. The van der Waals surface area contributed by atoms with Crippen LogP contribution < -0.4 is 4.74 Å². The van der Waals surface area contributed by atoms with E-state index < -0.39 is 6.43 Å². The van der Waals surface area contributed by atoms with Gasteiger partial charge in [-0.15, -0.1) is 0 Å². The maximum Gasteiger partial charge on any atom is 0.264 e. The lowest BCUT2D eigenvalue weighted by atomic mass is 10.0. The van der Waals surface area contributed by atoms with Gasteiger partial charge in [0.15, 0.2) is 0 Å². The molecule has 0 aliphatic heterocycles. The van der Waals surface area contributed by atoms with E-state index in [1.54, 1.807) is 26.0 Å². The molecule has 0 amide bonds.